The molecule has 0 fully saturated rings. The second-order valence-electron chi connectivity index (χ2n) is 3.61. The van der Waals surface area contributed by atoms with E-state index >= 15 is 0 Å². The van der Waals surface area contributed by atoms with E-state index in [4.69, 9.17) is 22.1 Å². The third-order valence-electron chi connectivity index (χ3n) is 2.15. The largest absolute Gasteiger partial charge is 0.492 e. The summed E-state index contributed by atoms with van der Waals surface area (Å²) in [6.07, 6.45) is 0. The topological polar surface area (TPSA) is 93.5 Å². The van der Waals surface area contributed by atoms with Gasteiger partial charge in [0.15, 0.2) is 0 Å². The lowest BCUT2D eigenvalue weighted by molar-refractivity contribution is -0.123. The van der Waals surface area contributed by atoms with Gasteiger partial charge in [-0.15, -0.1) is 0 Å². The number of amides is 2. The Bertz CT molecular complexity index is 466. The fourth-order valence-corrected chi connectivity index (χ4v) is 1.54. The van der Waals surface area contributed by atoms with Crippen LogP contribution >= 0.6 is 11.6 Å². The highest BCUT2D eigenvalue weighted by Gasteiger charge is 2.07. The highest BCUT2D eigenvalue weighted by molar-refractivity contribution is 6.32. The molecule has 0 aromatic heterocycles. The Hall–Kier alpha value is -1.79. The molecule has 0 radical (unpaired) electrons. The van der Waals surface area contributed by atoms with Gasteiger partial charge in [0.1, 0.15) is 5.75 Å². The van der Waals surface area contributed by atoms with Crippen molar-refractivity contribution in [3.8, 4) is 5.75 Å². The summed E-state index contributed by atoms with van der Waals surface area (Å²) in [7, 11) is 0. The maximum absolute atomic E-state index is 11.5. The lowest BCUT2D eigenvalue weighted by Crippen LogP contribution is -2.36. The zero-order chi connectivity index (χ0) is 14.3. The highest BCUT2D eigenvalue weighted by atomic mass is 35.5. The van der Waals surface area contributed by atoms with Gasteiger partial charge >= 0.3 is 0 Å². The average molecular weight is 286 g/mol. The van der Waals surface area contributed by atoms with Crippen LogP contribution in [0, 0.1) is 0 Å². The number of ether oxygens (including phenoxy) is 1. The number of anilines is 1. The van der Waals surface area contributed by atoms with Crippen molar-refractivity contribution < 1.29 is 14.3 Å². The summed E-state index contributed by atoms with van der Waals surface area (Å²) >= 11 is 5.98. The second-order valence-corrected chi connectivity index (χ2v) is 4.01. The number of carbonyl (C=O) groups is 2. The predicted octanol–water partition coefficient (Wildman–Crippen LogP) is 0.752. The van der Waals surface area contributed by atoms with E-state index in [9.17, 15) is 9.59 Å². The summed E-state index contributed by atoms with van der Waals surface area (Å²) in [4.78, 5) is 22.4. The van der Waals surface area contributed by atoms with Crippen LogP contribution in [0.5, 0.6) is 5.75 Å². The Balaban J connectivity index is 2.55. The van der Waals surface area contributed by atoms with E-state index in [1.807, 2.05) is 6.92 Å². The number of nitrogens with one attached hydrogen (secondary N) is 2. The molecule has 0 saturated heterocycles. The molecular formula is C12H16ClN3O3. The number of halogens is 1. The molecule has 0 aliphatic rings. The lowest BCUT2D eigenvalue weighted by atomic mass is 10.3. The first kappa shape index (κ1) is 15.3. The monoisotopic (exact) mass is 285 g/mol. The van der Waals surface area contributed by atoms with Crippen LogP contribution in [-0.2, 0) is 9.59 Å². The number of benzene rings is 1. The van der Waals surface area contributed by atoms with Crippen LogP contribution in [0.2, 0.25) is 5.02 Å². The van der Waals surface area contributed by atoms with Gasteiger partial charge in [-0.3, -0.25) is 9.59 Å². The van der Waals surface area contributed by atoms with Crippen molar-refractivity contribution in [2.24, 2.45) is 5.73 Å². The molecule has 7 heteroatoms. The van der Waals surface area contributed by atoms with Crippen LogP contribution in [0.15, 0.2) is 18.2 Å². The van der Waals surface area contributed by atoms with Crippen LogP contribution in [0.25, 0.3) is 0 Å². The second kappa shape index (κ2) is 7.60. The van der Waals surface area contributed by atoms with E-state index in [0.717, 1.165) is 0 Å². The van der Waals surface area contributed by atoms with Gasteiger partial charge in [-0.2, -0.15) is 0 Å². The van der Waals surface area contributed by atoms with E-state index in [0.29, 0.717) is 23.1 Å². The maximum Gasteiger partial charge on any atom is 0.243 e. The van der Waals surface area contributed by atoms with Gasteiger partial charge in [-0.25, -0.2) is 0 Å². The van der Waals surface area contributed by atoms with Crippen LogP contribution in [0.4, 0.5) is 5.69 Å². The van der Waals surface area contributed by atoms with Crippen molar-refractivity contribution in [2.75, 3.05) is 25.0 Å². The van der Waals surface area contributed by atoms with Crippen LogP contribution in [-0.4, -0.2) is 31.5 Å². The molecule has 1 rings (SSSR count). The Morgan fingerprint density at radius 2 is 2.11 bits per heavy atom. The van der Waals surface area contributed by atoms with Crippen molar-refractivity contribution in [1.82, 2.24) is 5.32 Å². The molecule has 0 heterocycles. The maximum atomic E-state index is 11.5. The summed E-state index contributed by atoms with van der Waals surface area (Å²) in [5.41, 5.74) is 5.63. The molecule has 0 aliphatic heterocycles. The molecule has 0 spiro atoms. The highest BCUT2D eigenvalue weighted by Crippen LogP contribution is 2.27. The first-order chi connectivity index (χ1) is 9.06. The number of hydrogen-bond acceptors (Lipinski definition) is 4. The summed E-state index contributed by atoms with van der Waals surface area (Å²) in [5, 5.41) is 5.37. The minimum absolute atomic E-state index is 0.138. The molecule has 4 N–H and O–H groups in total. The summed E-state index contributed by atoms with van der Waals surface area (Å²) in [6, 6.07) is 4.91. The van der Waals surface area contributed by atoms with Crippen molar-refractivity contribution in [1.29, 1.82) is 0 Å². The van der Waals surface area contributed by atoms with Gasteiger partial charge in [0.25, 0.3) is 0 Å². The van der Waals surface area contributed by atoms with Gasteiger partial charge in [0, 0.05) is 5.69 Å². The fraction of sp³-hybridized carbons (Fsp3) is 0.333. The first-order valence-corrected chi connectivity index (χ1v) is 6.13. The molecule has 1 aromatic rings. The van der Waals surface area contributed by atoms with Gasteiger partial charge in [0.05, 0.1) is 24.7 Å². The zero-order valence-corrected chi connectivity index (χ0v) is 11.3. The quantitative estimate of drug-likeness (QED) is 0.719. The molecule has 0 atom stereocenters. The summed E-state index contributed by atoms with van der Waals surface area (Å²) in [6.45, 7) is 2.08. The van der Waals surface area contributed by atoms with Crippen molar-refractivity contribution in [2.45, 2.75) is 6.92 Å². The minimum Gasteiger partial charge on any atom is -0.492 e. The van der Waals surface area contributed by atoms with Gasteiger partial charge in [0.2, 0.25) is 11.8 Å². The van der Waals surface area contributed by atoms with Crippen molar-refractivity contribution in [3.63, 3.8) is 0 Å². The normalized spacial score (nSPS) is 9.84. The smallest absolute Gasteiger partial charge is 0.243 e. The Morgan fingerprint density at radius 1 is 1.37 bits per heavy atom. The van der Waals surface area contributed by atoms with Crippen molar-refractivity contribution >= 4 is 29.1 Å². The molecule has 2 amide bonds. The molecule has 0 bridgehead atoms. The average Bonchev–Trinajstić information content (AvgIpc) is 2.39. The third kappa shape index (κ3) is 5.15. The number of nitrogens with two attached hydrogens (primary N) is 1. The van der Waals surface area contributed by atoms with Gasteiger partial charge in [-0.05, 0) is 25.1 Å². The summed E-state index contributed by atoms with van der Waals surface area (Å²) < 4.78 is 5.27. The molecular weight excluding hydrogens is 270 g/mol. The fourth-order valence-electron chi connectivity index (χ4n) is 1.31. The molecule has 19 heavy (non-hydrogen) atoms. The standard InChI is InChI=1S/C12H16ClN3O3/c1-2-19-10-4-3-8(5-9(10)13)16-12(18)7-15-11(17)6-14/h3-5H,2,6-7,14H2,1H3,(H,15,17)(H,16,18). The van der Waals surface area contributed by atoms with E-state index < -0.39 is 0 Å². The first-order valence-electron chi connectivity index (χ1n) is 5.75. The Labute approximate surface area is 116 Å². The van der Waals surface area contributed by atoms with E-state index in [1.54, 1.807) is 18.2 Å². The zero-order valence-electron chi connectivity index (χ0n) is 10.5. The van der Waals surface area contributed by atoms with E-state index in [2.05, 4.69) is 10.6 Å². The molecule has 6 nitrogen and oxygen atoms in total. The number of carbonyl (C=O) groups excluding carboxylic acids is 2. The molecule has 0 aliphatic carbocycles. The van der Waals surface area contributed by atoms with E-state index in [-0.39, 0.29) is 24.9 Å². The lowest BCUT2D eigenvalue weighted by Gasteiger charge is -2.09. The predicted molar refractivity (Wildman–Crippen MR) is 73.3 cm³/mol. The molecule has 0 unspecified atom stereocenters. The van der Waals surface area contributed by atoms with Crippen LogP contribution < -0.4 is 21.1 Å². The minimum atomic E-state index is -0.389. The Kier molecular flexibility index (Phi) is 6.11. The summed E-state index contributed by atoms with van der Waals surface area (Å²) in [5.74, 6) is -0.194. The molecule has 104 valence electrons. The van der Waals surface area contributed by atoms with Crippen LogP contribution in [0.1, 0.15) is 6.92 Å². The third-order valence-corrected chi connectivity index (χ3v) is 2.44. The van der Waals surface area contributed by atoms with Crippen LogP contribution in [0.3, 0.4) is 0 Å². The van der Waals surface area contributed by atoms with Gasteiger partial charge in [-0.1, -0.05) is 11.6 Å². The van der Waals surface area contributed by atoms with E-state index in [1.165, 1.54) is 0 Å². The molecule has 1 aromatic carbocycles. The SMILES string of the molecule is CCOc1ccc(NC(=O)CNC(=O)CN)cc1Cl. The van der Waals surface area contributed by atoms with Crippen molar-refractivity contribution in [3.05, 3.63) is 23.2 Å². The number of rotatable bonds is 6. The van der Waals surface area contributed by atoms with Gasteiger partial charge < -0.3 is 21.1 Å². The molecule has 0 saturated carbocycles. The Morgan fingerprint density at radius 3 is 2.68 bits per heavy atom. The number of hydrogen-bond donors (Lipinski definition) is 3.